The number of halogens is 5. The van der Waals surface area contributed by atoms with Crippen LogP contribution < -0.4 is 0 Å². The molecule has 6 heteroatoms. The zero-order valence-electron chi connectivity index (χ0n) is 9.30. The van der Waals surface area contributed by atoms with E-state index in [1.165, 1.54) is 0 Å². The molecule has 2 rings (SSSR count). The second-order valence-corrected chi connectivity index (χ2v) is 3.85. The van der Waals surface area contributed by atoms with E-state index in [0.29, 0.717) is 24.3 Å². The van der Waals surface area contributed by atoms with Crippen molar-refractivity contribution in [1.82, 2.24) is 0 Å². The average Bonchev–Trinajstić information content (AvgIpc) is 2.30. The minimum absolute atomic E-state index is 0.346. The summed E-state index contributed by atoms with van der Waals surface area (Å²) >= 11 is 0. The lowest BCUT2D eigenvalue weighted by Crippen LogP contribution is -2.09. The Balaban J connectivity index is 2.56. The molecule has 0 aromatic heterocycles. The molecule has 1 N–H and O–H groups in total. The monoisotopic (exact) mass is 274 g/mol. The van der Waals surface area contributed by atoms with Crippen LogP contribution in [0.4, 0.5) is 22.0 Å². The molecule has 1 unspecified atom stereocenters. The minimum atomic E-state index is -2.07. The largest absolute Gasteiger partial charge is 0.383 e. The highest BCUT2D eigenvalue weighted by molar-refractivity contribution is 5.33. The molecule has 0 saturated heterocycles. The third-order valence-electron chi connectivity index (χ3n) is 2.57. The number of rotatable bonds is 2. The van der Waals surface area contributed by atoms with Gasteiger partial charge in [0.25, 0.3) is 0 Å². The van der Waals surface area contributed by atoms with Gasteiger partial charge < -0.3 is 5.11 Å². The molecule has 0 bridgehead atoms. The van der Waals surface area contributed by atoms with Crippen molar-refractivity contribution in [3.8, 4) is 0 Å². The smallest absolute Gasteiger partial charge is 0.135 e. The van der Waals surface area contributed by atoms with Gasteiger partial charge in [0.05, 0.1) is 5.56 Å². The molecule has 0 fully saturated rings. The number of aliphatic hydroxyl groups excluding tert-OH is 1. The first kappa shape index (κ1) is 13.5. The van der Waals surface area contributed by atoms with Crippen molar-refractivity contribution in [1.29, 1.82) is 0 Å². The molecule has 0 heterocycles. The molecular formula is C13H7F5O. The molecule has 2 aromatic carbocycles. The van der Waals surface area contributed by atoms with Crippen molar-refractivity contribution in [2.75, 3.05) is 0 Å². The number of benzene rings is 2. The predicted molar refractivity (Wildman–Crippen MR) is 56.7 cm³/mol. The lowest BCUT2D eigenvalue weighted by atomic mass is 9.99. The van der Waals surface area contributed by atoms with Crippen molar-refractivity contribution in [2.24, 2.45) is 0 Å². The van der Waals surface area contributed by atoms with Crippen LogP contribution in [0.15, 0.2) is 30.3 Å². The average molecular weight is 274 g/mol. The third kappa shape index (κ3) is 2.58. The van der Waals surface area contributed by atoms with Crippen LogP contribution in [0, 0.1) is 29.1 Å². The molecule has 0 saturated carbocycles. The normalized spacial score (nSPS) is 12.5. The molecule has 0 radical (unpaired) electrons. The minimum Gasteiger partial charge on any atom is -0.383 e. The molecule has 0 amide bonds. The van der Waals surface area contributed by atoms with Crippen molar-refractivity contribution < 1.29 is 27.1 Å². The van der Waals surface area contributed by atoms with E-state index in [2.05, 4.69) is 0 Å². The maximum atomic E-state index is 13.4. The van der Waals surface area contributed by atoms with E-state index in [0.717, 1.165) is 6.07 Å². The highest BCUT2D eigenvalue weighted by atomic mass is 19.2. The maximum Gasteiger partial charge on any atom is 0.135 e. The van der Waals surface area contributed by atoms with E-state index in [1.54, 1.807) is 0 Å². The molecule has 1 atom stereocenters. The number of hydrogen-bond acceptors (Lipinski definition) is 1. The molecule has 100 valence electrons. The van der Waals surface area contributed by atoms with E-state index >= 15 is 0 Å². The first-order valence-corrected chi connectivity index (χ1v) is 5.17. The summed E-state index contributed by atoms with van der Waals surface area (Å²) in [4.78, 5) is 0. The molecule has 0 spiro atoms. The van der Waals surface area contributed by atoms with Crippen LogP contribution in [0.5, 0.6) is 0 Å². The Morgan fingerprint density at radius 2 is 1.32 bits per heavy atom. The fraction of sp³-hybridized carbons (Fsp3) is 0.0769. The summed E-state index contributed by atoms with van der Waals surface area (Å²) in [6, 6.07) is 2.82. The Bertz CT molecular complexity index is 603. The molecule has 2 aromatic rings. The van der Waals surface area contributed by atoms with Gasteiger partial charge >= 0.3 is 0 Å². The highest BCUT2D eigenvalue weighted by Crippen LogP contribution is 2.29. The molecule has 0 aliphatic rings. The van der Waals surface area contributed by atoms with Crippen LogP contribution in [-0.2, 0) is 0 Å². The number of aliphatic hydroxyl groups is 1. The third-order valence-corrected chi connectivity index (χ3v) is 2.57. The fourth-order valence-electron chi connectivity index (χ4n) is 1.69. The molecule has 0 aliphatic heterocycles. The van der Waals surface area contributed by atoms with Crippen molar-refractivity contribution >= 4 is 0 Å². The van der Waals surface area contributed by atoms with Crippen molar-refractivity contribution in [3.05, 3.63) is 70.5 Å². The van der Waals surface area contributed by atoms with Crippen molar-refractivity contribution in [2.45, 2.75) is 6.10 Å². The van der Waals surface area contributed by atoms with Gasteiger partial charge in [-0.1, -0.05) is 0 Å². The zero-order valence-corrected chi connectivity index (χ0v) is 9.30. The summed E-state index contributed by atoms with van der Waals surface area (Å²) < 4.78 is 65.9. The maximum absolute atomic E-state index is 13.4. The van der Waals surface area contributed by atoms with Gasteiger partial charge in [-0.15, -0.1) is 0 Å². The zero-order chi connectivity index (χ0) is 14.2. The first-order valence-electron chi connectivity index (χ1n) is 5.17. The van der Waals surface area contributed by atoms with Crippen LogP contribution in [0.1, 0.15) is 17.2 Å². The van der Waals surface area contributed by atoms with Crippen LogP contribution in [0.25, 0.3) is 0 Å². The van der Waals surface area contributed by atoms with Gasteiger partial charge in [0.2, 0.25) is 0 Å². The van der Waals surface area contributed by atoms with E-state index in [4.69, 9.17) is 0 Å². The summed E-state index contributed by atoms with van der Waals surface area (Å²) in [5.41, 5.74) is -1.57. The van der Waals surface area contributed by atoms with Gasteiger partial charge in [-0.3, -0.25) is 0 Å². The van der Waals surface area contributed by atoms with Crippen LogP contribution >= 0.6 is 0 Å². The summed E-state index contributed by atoms with van der Waals surface area (Å²) in [5.74, 6) is -5.84. The van der Waals surface area contributed by atoms with Crippen LogP contribution in [-0.4, -0.2) is 5.11 Å². The quantitative estimate of drug-likeness (QED) is 0.831. The van der Waals surface area contributed by atoms with Gasteiger partial charge in [0, 0.05) is 17.7 Å². The lowest BCUT2D eigenvalue weighted by molar-refractivity contribution is 0.203. The second-order valence-electron chi connectivity index (χ2n) is 3.85. The Morgan fingerprint density at radius 3 is 1.89 bits per heavy atom. The topological polar surface area (TPSA) is 20.2 Å². The van der Waals surface area contributed by atoms with E-state index in [1.807, 2.05) is 0 Å². The van der Waals surface area contributed by atoms with Crippen LogP contribution in [0.2, 0.25) is 0 Å². The van der Waals surface area contributed by atoms with Crippen LogP contribution in [0.3, 0.4) is 0 Å². The SMILES string of the molecule is OC(c1cc(F)ccc1F)c1c(F)cc(F)cc1F. The van der Waals surface area contributed by atoms with Gasteiger partial charge in [0.15, 0.2) is 0 Å². The van der Waals surface area contributed by atoms with Crippen molar-refractivity contribution in [3.63, 3.8) is 0 Å². The van der Waals surface area contributed by atoms with Gasteiger partial charge in [-0.2, -0.15) is 0 Å². The van der Waals surface area contributed by atoms with Gasteiger partial charge in [-0.05, 0) is 18.2 Å². The Morgan fingerprint density at radius 1 is 0.737 bits per heavy atom. The predicted octanol–water partition coefficient (Wildman–Crippen LogP) is 3.46. The van der Waals surface area contributed by atoms with E-state index < -0.39 is 46.3 Å². The summed E-state index contributed by atoms with van der Waals surface area (Å²) in [5, 5.41) is 9.74. The summed E-state index contributed by atoms with van der Waals surface area (Å²) in [6.45, 7) is 0. The first-order chi connectivity index (χ1) is 8.90. The van der Waals surface area contributed by atoms with E-state index in [9.17, 15) is 27.1 Å². The molecule has 0 aliphatic carbocycles. The molecule has 19 heavy (non-hydrogen) atoms. The lowest BCUT2D eigenvalue weighted by Gasteiger charge is -2.14. The Hall–Kier alpha value is -1.95. The fourth-order valence-corrected chi connectivity index (χ4v) is 1.69. The standard InChI is InChI=1S/C13H7F5O/c14-6-1-2-9(16)8(3-6)13(19)12-10(17)4-7(15)5-11(12)18/h1-5,13,19H. The van der Waals surface area contributed by atoms with Gasteiger partial charge in [0.1, 0.15) is 35.2 Å². The Labute approximate surface area is 104 Å². The second kappa shape index (κ2) is 4.97. The summed E-state index contributed by atoms with van der Waals surface area (Å²) in [6.07, 6.45) is -2.07. The molecule has 1 nitrogen and oxygen atoms in total. The van der Waals surface area contributed by atoms with E-state index in [-0.39, 0.29) is 0 Å². The number of hydrogen-bond donors (Lipinski definition) is 1. The molecular weight excluding hydrogens is 267 g/mol. The summed E-state index contributed by atoms with van der Waals surface area (Å²) in [7, 11) is 0. The van der Waals surface area contributed by atoms with Gasteiger partial charge in [-0.25, -0.2) is 22.0 Å². The highest BCUT2D eigenvalue weighted by Gasteiger charge is 2.23. The Kier molecular flexibility index (Phi) is 3.53.